The van der Waals surface area contributed by atoms with Crippen LogP contribution in [0.2, 0.25) is 0 Å². The maximum atomic E-state index is 13.1. The maximum Gasteiger partial charge on any atom is 0.131 e. The molecule has 0 radical (unpaired) electrons. The Bertz CT molecular complexity index is 1840. The van der Waals surface area contributed by atoms with Crippen molar-refractivity contribution in [3.8, 4) is 23.5 Å². The topological polar surface area (TPSA) is 128 Å². The number of alkyl halides is 2. The number of nitrogens with zero attached hydrogens (tertiary/aromatic N) is 7. The van der Waals surface area contributed by atoms with Crippen LogP contribution in [0.1, 0.15) is 43.5 Å². The molecule has 0 unspecified atom stereocenters. The fraction of sp³-hybridized carbons (Fsp3) is 0.290. The van der Waals surface area contributed by atoms with Gasteiger partial charge in [-0.15, -0.1) is 5.10 Å². The number of nitrogens with one attached hydrogen (secondary N) is 2. The summed E-state index contributed by atoms with van der Waals surface area (Å²) in [6.07, 6.45) is 2.99. The molecule has 0 aliphatic heterocycles. The number of anilines is 2. The van der Waals surface area contributed by atoms with Gasteiger partial charge in [0.25, 0.3) is 0 Å². The van der Waals surface area contributed by atoms with Gasteiger partial charge in [0.05, 0.1) is 39.7 Å². The molecule has 5 rings (SSSR count). The monoisotopic (exact) mass is 565 g/mol. The van der Waals surface area contributed by atoms with Crippen molar-refractivity contribution < 1.29 is 8.78 Å². The molecule has 42 heavy (non-hydrogen) atoms. The third-order valence-electron chi connectivity index (χ3n) is 6.82. The van der Waals surface area contributed by atoms with E-state index in [1.165, 1.54) is 17.1 Å². The molecule has 0 saturated carbocycles. The van der Waals surface area contributed by atoms with Gasteiger partial charge in [-0.3, -0.25) is 4.98 Å². The summed E-state index contributed by atoms with van der Waals surface area (Å²) < 4.78 is 27.3. The summed E-state index contributed by atoms with van der Waals surface area (Å²) in [7, 11) is 0. The fourth-order valence-electron chi connectivity index (χ4n) is 4.59. The molecule has 11 heteroatoms. The Morgan fingerprint density at radius 3 is 2.45 bits per heavy atom. The lowest BCUT2D eigenvalue weighted by Crippen LogP contribution is -2.19. The molecule has 2 N–H and O–H groups in total. The van der Waals surface area contributed by atoms with E-state index in [1.54, 1.807) is 12.1 Å². The molecule has 0 saturated heterocycles. The largest absolute Gasteiger partial charge is 0.383 e. The molecule has 5 aromatic rings. The minimum absolute atomic E-state index is 0.0275. The standard InChI is InChI=1S/C31H29F2N9/c1-31(2,3)18-38-30-21(14-35)16-37-29-20(13-34)9-22(10-25(29)30)36-15-19-5-4-6-26-24(19)7-8-27(39-26)28-17-42(41-40-28)23(11-32)12-33/h4-10,16-17,23,36H,11-12,15,18H2,1-3H3,(H,37,38). The molecular formula is C31H29F2N9. The Hall–Kier alpha value is -5.16. The highest BCUT2D eigenvalue weighted by Crippen LogP contribution is 2.32. The van der Waals surface area contributed by atoms with E-state index in [0.29, 0.717) is 57.9 Å². The number of halogens is 2. The first kappa shape index (κ1) is 28.4. The van der Waals surface area contributed by atoms with E-state index in [9.17, 15) is 19.3 Å². The zero-order valence-corrected chi connectivity index (χ0v) is 23.5. The Balaban J connectivity index is 1.45. The Kier molecular flexibility index (Phi) is 7.94. The van der Waals surface area contributed by atoms with Crippen LogP contribution in [0.15, 0.2) is 54.9 Å². The van der Waals surface area contributed by atoms with Crippen LogP contribution in [-0.4, -0.2) is 44.9 Å². The molecule has 0 spiro atoms. The normalized spacial score (nSPS) is 11.5. The molecule has 0 aliphatic carbocycles. The van der Waals surface area contributed by atoms with E-state index in [4.69, 9.17) is 4.98 Å². The van der Waals surface area contributed by atoms with Crippen LogP contribution in [0.25, 0.3) is 33.2 Å². The Labute approximate surface area is 241 Å². The molecule has 3 aromatic heterocycles. The van der Waals surface area contributed by atoms with Gasteiger partial charge in [0.15, 0.2) is 0 Å². The Morgan fingerprint density at radius 1 is 0.952 bits per heavy atom. The number of nitriles is 2. The summed E-state index contributed by atoms with van der Waals surface area (Å²) in [5.74, 6) is 0. The highest BCUT2D eigenvalue weighted by atomic mass is 19.1. The van der Waals surface area contributed by atoms with Crippen LogP contribution in [0.3, 0.4) is 0 Å². The highest BCUT2D eigenvalue weighted by Gasteiger charge is 2.18. The van der Waals surface area contributed by atoms with Crippen molar-refractivity contribution in [2.75, 3.05) is 30.5 Å². The van der Waals surface area contributed by atoms with Crippen LogP contribution >= 0.6 is 0 Å². The summed E-state index contributed by atoms with van der Waals surface area (Å²) in [5.41, 5.74) is 5.34. The van der Waals surface area contributed by atoms with Gasteiger partial charge >= 0.3 is 0 Å². The third kappa shape index (κ3) is 5.81. The second-order valence-corrected chi connectivity index (χ2v) is 11.2. The van der Waals surface area contributed by atoms with Crippen LogP contribution in [-0.2, 0) is 6.54 Å². The summed E-state index contributed by atoms with van der Waals surface area (Å²) in [5, 5.41) is 36.0. The van der Waals surface area contributed by atoms with Crippen molar-refractivity contribution in [3.63, 3.8) is 0 Å². The first-order chi connectivity index (χ1) is 20.2. The van der Waals surface area contributed by atoms with Crippen LogP contribution < -0.4 is 10.6 Å². The minimum atomic E-state index is -1.01. The minimum Gasteiger partial charge on any atom is -0.383 e. The molecule has 212 valence electrons. The van der Waals surface area contributed by atoms with Gasteiger partial charge in [-0.25, -0.2) is 18.4 Å². The number of hydrogen-bond acceptors (Lipinski definition) is 8. The number of aromatic nitrogens is 5. The summed E-state index contributed by atoms with van der Waals surface area (Å²) in [6, 6.07) is 16.6. The van der Waals surface area contributed by atoms with Crippen molar-refractivity contribution in [2.24, 2.45) is 5.41 Å². The van der Waals surface area contributed by atoms with Crippen LogP contribution in [0, 0.1) is 28.1 Å². The maximum absolute atomic E-state index is 13.1. The van der Waals surface area contributed by atoms with E-state index in [2.05, 4.69) is 58.8 Å². The zero-order chi connectivity index (χ0) is 29.9. The number of benzene rings is 2. The fourth-order valence-corrected chi connectivity index (χ4v) is 4.59. The van der Waals surface area contributed by atoms with Gasteiger partial charge in [0.1, 0.15) is 37.2 Å². The van der Waals surface area contributed by atoms with E-state index in [0.717, 1.165) is 16.5 Å². The van der Waals surface area contributed by atoms with Gasteiger partial charge in [-0.05, 0) is 35.2 Å². The van der Waals surface area contributed by atoms with Crippen molar-refractivity contribution in [1.29, 1.82) is 10.5 Å². The Morgan fingerprint density at radius 2 is 1.74 bits per heavy atom. The van der Waals surface area contributed by atoms with Gasteiger partial charge in [0.2, 0.25) is 0 Å². The van der Waals surface area contributed by atoms with Gasteiger partial charge in [-0.2, -0.15) is 10.5 Å². The van der Waals surface area contributed by atoms with Crippen molar-refractivity contribution in [2.45, 2.75) is 33.4 Å². The third-order valence-corrected chi connectivity index (χ3v) is 6.82. The summed E-state index contributed by atoms with van der Waals surface area (Å²) in [6.45, 7) is 5.62. The summed E-state index contributed by atoms with van der Waals surface area (Å²) >= 11 is 0. The lowest BCUT2D eigenvalue weighted by Gasteiger charge is -2.21. The predicted octanol–water partition coefficient (Wildman–Crippen LogP) is 6.34. The second kappa shape index (κ2) is 11.8. The lowest BCUT2D eigenvalue weighted by atomic mass is 9.96. The van der Waals surface area contributed by atoms with Gasteiger partial charge in [0, 0.05) is 35.7 Å². The van der Waals surface area contributed by atoms with Crippen molar-refractivity contribution in [3.05, 3.63) is 71.5 Å². The van der Waals surface area contributed by atoms with Gasteiger partial charge in [-0.1, -0.05) is 44.2 Å². The molecule has 0 fully saturated rings. The van der Waals surface area contributed by atoms with E-state index in [-0.39, 0.29) is 5.41 Å². The molecule has 0 aliphatic rings. The van der Waals surface area contributed by atoms with E-state index < -0.39 is 19.4 Å². The quantitative estimate of drug-likeness (QED) is 0.212. The molecule has 0 bridgehead atoms. The van der Waals surface area contributed by atoms with Crippen LogP contribution in [0.4, 0.5) is 20.2 Å². The zero-order valence-electron chi connectivity index (χ0n) is 23.5. The van der Waals surface area contributed by atoms with E-state index in [1.807, 2.05) is 30.3 Å². The SMILES string of the molecule is CC(C)(C)CNc1c(C#N)cnc2c(C#N)cc(NCc3cccc4nc(-c5cn(C(CF)CF)nn5)ccc34)cc12. The number of hydrogen-bond donors (Lipinski definition) is 2. The summed E-state index contributed by atoms with van der Waals surface area (Å²) in [4.78, 5) is 9.12. The average Bonchev–Trinajstić information content (AvgIpc) is 3.48. The van der Waals surface area contributed by atoms with Crippen LogP contribution in [0.5, 0.6) is 0 Å². The average molecular weight is 566 g/mol. The highest BCUT2D eigenvalue weighted by molar-refractivity contribution is 5.99. The number of pyridine rings is 2. The molecular weight excluding hydrogens is 536 g/mol. The molecule has 2 aromatic carbocycles. The molecule has 0 atom stereocenters. The molecule has 9 nitrogen and oxygen atoms in total. The van der Waals surface area contributed by atoms with Crippen molar-refractivity contribution >= 4 is 33.2 Å². The number of fused-ring (bicyclic) bond motifs is 2. The number of rotatable bonds is 9. The second-order valence-electron chi connectivity index (χ2n) is 11.2. The smallest absolute Gasteiger partial charge is 0.131 e. The molecule has 0 amide bonds. The first-order valence-electron chi connectivity index (χ1n) is 13.4. The molecule has 3 heterocycles. The van der Waals surface area contributed by atoms with Crippen molar-refractivity contribution in [1.82, 2.24) is 25.0 Å². The first-order valence-corrected chi connectivity index (χ1v) is 13.4. The van der Waals surface area contributed by atoms with Gasteiger partial charge < -0.3 is 10.6 Å². The lowest BCUT2D eigenvalue weighted by molar-refractivity contribution is 0.269. The van der Waals surface area contributed by atoms with E-state index >= 15 is 0 Å². The predicted molar refractivity (Wildman–Crippen MR) is 158 cm³/mol.